The number of ketones is 1. The molecule has 0 fully saturated rings. The van der Waals surface area contributed by atoms with Gasteiger partial charge in [-0.15, -0.1) is 12.4 Å². The molecule has 0 amide bonds. The molecule has 1 heterocycles. The quantitative estimate of drug-likeness (QED) is 0.889. The second kappa shape index (κ2) is 5.24. The normalized spacial score (nSPS) is 16.9. The summed E-state index contributed by atoms with van der Waals surface area (Å²) in [6.45, 7) is 4.38. The van der Waals surface area contributed by atoms with Gasteiger partial charge >= 0.3 is 5.63 Å². The summed E-state index contributed by atoms with van der Waals surface area (Å²) in [5.74, 6) is 0.579. The van der Waals surface area contributed by atoms with Crippen molar-refractivity contribution in [3.05, 3.63) is 33.4 Å². The summed E-state index contributed by atoms with van der Waals surface area (Å²) in [6, 6.07) is 1.66. The maximum absolute atomic E-state index is 12.0. The predicted molar refractivity (Wildman–Crippen MR) is 71.4 cm³/mol. The average molecular weight is 272 g/mol. The van der Waals surface area contributed by atoms with Gasteiger partial charge in [-0.25, -0.2) is 4.79 Å². The van der Waals surface area contributed by atoms with Gasteiger partial charge in [0.2, 0.25) is 0 Å². The van der Waals surface area contributed by atoms with Crippen LogP contribution in [0.4, 0.5) is 0 Å². The number of nitrogens with two attached hydrogens (primary N) is 1. The lowest BCUT2D eigenvalue weighted by atomic mass is 9.76. The standard InChI is InChI=1S/C13H17NO3.ClH/c1-13(2)6-10(15)9-5-8(3-4-14)12(16)17-11(9)7-13;/h5H,3-4,6-7,14H2,1-2H3;1H. The Hall–Kier alpha value is -1.13. The molecule has 1 aliphatic carbocycles. The fraction of sp³-hybridized carbons (Fsp3) is 0.538. The van der Waals surface area contributed by atoms with E-state index in [1.807, 2.05) is 13.8 Å². The summed E-state index contributed by atoms with van der Waals surface area (Å²) in [5, 5.41) is 0. The molecule has 5 heteroatoms. The van der Waals surface area contributed by atoms with E-state index < -0.39 is 0 Å². The first kappa shape index (κ1) is 14.9. The van der Waals surface area contributed by atoms with Crippen LogP contribution in [0.5, 0.6) is 0 Å². The molecule has 4 nitrogen and oxygen atoms in total. The summed E-state index contributed by atoms with van der Waals surface area (Å²) >= 11 is 0. The summed E-state index contributed by atoms with van der Waals surface area (Å²) in [7, 11) is 0. The molecule has 0 atom stereocenters. The van der Waals surface area contributed by atoms with Gasteiger partial charge < -0.3 is 10.2 Å². The molecule has 0 saturated carbocycles. The summed E-state index contributed by atoms with van der Waals surface area (Å²) in [5.41, 5.74) is 5.99. The van der Waals surface area contributed by atoms with Crippen LogP contribution in [-0.2, 0) is 12.8 Å². The van der Waals surface area contributed by atoms with Gasteiger partial charge in [0.15, 0.2) is 5.78 Å². The molecule has 0 saturated heterocycles. The molecule has 0 aromatic carbocycles. The Labute approximate surface area is 112 Å². The lowest BCUT2D eigenvalue weighted by molar-refractivity contribution is 0.0897. The maximum atomic E-state index is 12.0. The fourth-order valence-corrected chi connectivity index (χ4v) is 2.27. The van der Waals surface area contributed by atoms with Gasteiger partial charge in [-0.1, -0.05) is 13.8 Å². The number of hydrogen-bond acceptors (Lipinski definition) is 4. The van der Waals surface area contributed by atoms with Gasteiger partial charge in [0.05, 0.1) is 5.56 Å². The van der Waals surface area contributed by atoms with E-state index in [2.05, 4.69) is 0 Å². The molecule has 0 spiro atoms. The monoisotopic (exact) mass is 271 g/mol. The number of Topliss-reactive ketones (excluding diaryl/α,β-unsaturated/α-hetero) is 1. The van der Waals surface area contributed by atoms with E-state index in [9.17, 15) is 9.59 Å². The van der Waals surface area contributed by atoms with Gasteiger partial charge in [0.1, 0.15) is 5.76 Å². The van der Waals surface area contributed by atoms with E-state index in [-0.39, 0.29) is 29.2 Å². The Morgan fingerprint density at radius 3 is 2.61 bits per heavy atom. The number of carbonyl (C=O) groups excluding carboxylic acids is 1. The molecular formula is C13H18ClNO3. The number of halogens is 1. The van der Waals surface area contributed by atoms with E-state index in [0.717, 1.165) is 0 Å². The zero-order valence-corrected chi connectivity index (χ0v) is 11.4. The average Bonchev–Trinajstić information content (AvgIpc) is 2.19. The van der Waals surface area contributed by atoms with Crippen molar-refractivity contribution in [1.29, 1.82) is 0 Å². The third-order valence-corrected chi connectivity index (χ3v) is 3.09. The molecule has 2 N–H and O–H groups in total. The molecule has 100 valence electrons. The predicted octanol–water partition coefficient (Wildman–Crippen LogP) is 1.72. The number of carbonyl (C=O) groups is 1. The highest BCUT2D eigenvalue weighted by Gasteiger charge is 2.33. The van der Waals surface area contributed by atoms with Crippen LogP contribution in [0.1, 0.15) is 41.9 Å². The summed E-state index contributed by atoms with van der Waals surface area (Å²) in [4.78, 5) is 23.6. The SMILES string of the molecule is CC1(C)CC(=O)c2cc(CCN)c(=O)oc2C1.Cl. The van der Waals surface area contributed by atoms with Gasteiger partial charge in [0, 0.05) is 18.4 Å². The van der Waals surface area contributed by atoms with Crippen molar-refractivity contribution in [2.75, 3.05) is 6.54 Å². The molecular weight excluding hydrogens is 254 g/mol. The number of rotatable bonds is 2. The maximum Gasteiger partial charge on any atom is 0.339 e. The molecule has 0 radical (unpaired) electrons. The van der Waals surface area contributed by atoms with Crippen LogP contribution < -0.4 is 11.4 Å². The van der Waals surface area contributed by atoms with Crippen molar-refractivity contribution in [1.82, 2.24) is 0 Å². The topological polar surface area (TPSA) is 73.3 Å². The van der Waals surface area contributed by atoms with Crippen molar-refractivity contribution >= 4 is 18.2 Å². The molecule has 1 aromatic heterocycles. The van der Waals surface area contributed by atoms with E-state index in [4.69, 9.17) is 10.2 Å². The van der Waals surface area contributed by atoms with Crippen LogP contribution in [0.3, 0.4) is 0 Å². The first-order chi connectivity index (χ1) is 7.93. The van der Waals surface area contributed by atoms with Crippen molar-refractivity contribution in [3.8, 4) is 0 Å². The Morgan fingerprint density at radius 1 is 1.33 bits per heavy atom. The third-order valence-electron chi connectivity index (χ3n) is 3.09. The third kappa shape index (κ3) is 2.82. The Balaban J connectivity index is 0.00000162. The van der Waals surface area contributed by atoms with Gasteiger partial charge in [-0.05, 0) is 24.4 Å². The van der Waals surface area contributed by atoms with Crippen LogP contribution >= 0.6 is 12.4 Å². The zero-order chi connectivity index (χ0) is 12.6. The van der Waals surface area contributed by atoms with Crippen molar-refractivity contribution in [2.45, 2.75) is 33.1 Å². The van der Waals surface area contributed by atoms with Gasteiger partial charge in [-0.3, -0.25) is 4.79 Å². The molecule has 0 bridgehead atoms. The Kier molecular flexibility index (Phi) is 4.35. The highest BCUT2D eigenvalue weighted by atomic mass is 35.5. The smallest absolute Gasteiger partial charge is 0.339 e. The minimum Gasteiger partial charge on any atom is -0.427 e. The molecule has 1 aromatic rings. The Morgan fingerprint density at radius 2 is 2.00 bits per heavy atom. The van der Waals surface area contributed by atoms with E-state index in [0.29, 0.717) is 42.7 Å². The molecule has 18 heavy (non-hydrogen) atoms. The van der Waals surface area contributed by atoms with E-state index >= 15 is 0 Å². The largest absolute Gasteiger partial charge is 0.427 e. The zero-order valence-electron chi connectivity index (χ0n) is 10.6. The van der Waals surface area contributed by atoms with Gasteiger partial charge in [0.25, 0.3) is 0 Å². The Bertz CT molecular complexity index is 519. The van der Waals surface area contributed by atoms with Crippen molar-refractivity contribution in [2.24, 2.45) is 11.1 Å². The second-order valence-electron chi connectivity index (χ2n) is 5.38. The van der Waals surface area contributed by atoms with Crippen molar-refractivity contribution in [3.63, 3.8) is 0 Å². The molecule has 1 aliphatic rings. The number of hydrogen-bond donors (Lipinski definition) is 1. The lowest BCUT2D eigenvalue weighted by Crippen LogP contribution is -2.29. The lowest BCUT2D eigenvalue weighted by Gasteiger charge is -2.28. The van der Waals surface area contributed by atoms with Crippen LogP contribution in [-0.4, -0.2) is 12.3 Å². The van der Waals surface area contributed by atoms with Crippen molar-refractivity contribution < 1.29 is 9.21 Å². The van der Waals surface area contributed by atoms with E-state index in [1.54, 1.807) is 6.07 Å². The van der Waals surface area contributed by atoms with Crippen LogP contribution in [0.2, 0.25) is 0 Å². The molecule has 0 aliphatic heterocycles. The van der Waals surface area contributed by atoms with Gasteiger partial charge in [-0.2, -0.15) is 0 Å². The first-order valence-corrected chi connectivity index (χ1v) is 5.82. The minimum absolute atomic E-state index is 0. The second-order valence-corrected chi connectivity index (χ2v) is 5.38. The molecule has 0 unspecified atom stereocenters. The fourth-order valence-electron chi connectivity index (χ4n) is 2.27. The minimum atomic E-state index is -0.361. The molecule has 2 rings (SSSR count). The highest BCUT2D eigenvalue weighted by Crippen LogP contribution is 2.34. The first-order valence-electron chi connectivity index (χ1n) is 5.82. The van der Waals surface area contributed by atoms with Crippen LogP contribution in [0, 0.1) is 5.41 Å². The highest BCUT2D eigenvalue weighted by molar-refractivity contribution is 5.98. The van der Waals surface area contributed by atoms with Crippen LogP contribution in [0.25, 0.3) is 0 Å². The van der Waals surface area contributed by atoms with E-state index in [1.165, 1.54) is 0 Å². The summed E-state index contributed by atoms with van der Waals surface area (Å²) < 4.78 is 5.26. The van der Waals surface area contributed by atoms with Crippen LogP contribution in [0.15, 0.2) is 15.3 Å². The number of fused-ring (bicyclic) bond motifs is 1. The summed E-state index contributed by atoms with van der Waals surface area (Å²) in [6.07, 6.45) is 1.58.